The number of nitrogens with zero attached hydrogens (tertiary/aromatic N) is 2. The number of hydrogen-bond donors (Lipinski definition) is 1. The summed E-state index contributed by atoms with van der Waals surface area (Å²) in [7, 11) is -3.57. The first-order chi connectivity index (χ1) is 9.43. The van der Waals surface area contributed by atoms with Gasteiger partial charge in [0.1, 0.15) is 0 Å². The van der Waals surface area contributed by atoms with Gasteiger partial charge in [-0.05, 0) is 32.0 Å². The molecular formula is C14H23N3O2S. The minimum atomic E-state index is -3.57. The van der Waals surface area contributed by atoms with Crippen LogP contribution in [0, 0.1) is 0 Å². The molecule has 5 nitrogen and oxygen atoms in total. The summed E-state index contributed by atoms with van der Waals surface area (Å²) in [6, 6.07) is 3.20. The molecule has 1 aromatic heterocycles. The molecule has 1 rings (SSSR count). The molecule has 0 aliphatic rings. The van der Waals surface area contributed by atoms with Gasteiger partial charge in [-0.2, -0.15) is 4.31 Å². The van der Waals surface area contributed by atoms with Gasteiger partial charge in [0.05, 0.1) is 0 Å². The van der Waals surface area contributed by atoms with Crippen LogP contribution in [0.1, 0.15) is 26.3 Å². The monoisotopic (exact) mass is 297 g/mol. The van der Waals surface area contributed by atoms with Gasteiger partial charge in [-0.25, -0.2) is 13.4 Å². The van der Waals surface area contributed by atoms with Gasteiger partial charge in [-0.1, -0.05) is 19.1 Å². The van der Waals surface area contributed by atoms with Gasteiger partial charge in [0.15, 0.2) is 5.03 Å². The van der Waals surface area contributed by atoms with E-state index in [9.17, 15) is 8.42 Å². The van der Waals surface area contributed by atoms with Crippen molar-refractivity contribution in [3.63, 3.8) is 0 Å². The van der Waals surface area contributed by atoms with Crippen molar-refractivity contribution >= 4 is 10.0 Å². The quantitative estimate of drug-likeness (QED) is 0.743. The van der Waals surface area contributed by atoms with Crippen LogP contribution in [0.4, 0.5) is 0 Å². The predicted molar refractivity (Wildman–Crippen MR) is 80.8 cm³/mol. The smallest absolute Gasteiger partial charge is 0.261 e. The van der Waals surface area contributed by atoms with Gasteiger partial charge in [-0.3, -0.25) is 0 Å². The fourth-order valence-electron chi connectivity index (χ4n) is 1.77. The Balaban J connectivity index is 2.99. The van der Waals surface area contributed by atoms with E-state index in [4.69, 9.17) is 0 Å². The van der Waals surface area contributed by atoms with Crippen LogP contribution in [0.15, 0.2) is 36.0 Å². The maximum absolute atomic E-state index is 12.5. The molecule has 0 atom stereocenters. The van der Waals surface area contributed by atoms with E-state index in [2.05, 4.69) is 16.9 Å². The predicted octanol–water partition coefficient (Wildman–Crippen LogP) is 1.78. The zero-order chi connectivity index (χ0) is 15.2. The topological polar surface area (TPSA) is 62.3 Å². The molecular weight excluding hydrogens is 274 g/mol. The third kappa shape index (κ3) is 4.13. The Morgan fingerprint density at radius 3 is 2.60 bits per heavy atom. The second kappa shape index (κ2) is 7.52. The molecule has 1 heterocycles. The lowest BCUT2D eigenvalue weighted by Crippen LogP contribution is -2.37. The molecule has 0 radical (unpaired) electrons. The van der Waals surface area contributed by atoms with Gasteiger partial charge in [0.25, 0.3) is 10.0 Å². The molecule has 1 N–H and O–H groups in total. The highest BCUT2D eigenvalue weighted by atomic mass is 32.2. The lowest BCUT2D eigenvalue weighted by Gasteiger charge is -2.23. The zero-order valence-corrected chi connectivity index (χ0v) is 13.2. The third-order valence-electron chi connectivity index (χ3n) is 2.83. The number of nitrogens with one attached hydrogen (secondary N) is 1. The van der Waals surface area contributed by atoms with Gasteiger partial charge in [-0.15, -0.1) is 6.58 Å². The Bertz CT molecular complexity index is 524. The normalized spacial score (nSPS) is 12.1. The highest BCUT2D eigenvalue weighted by molar-refractivity contribution is 7.89. The van der Waals surface area contributed by atoms with E-state index in [1.807, 2.05) is 20.8 Å². The van der Waals surface area contributed by atoms with E-state index >= 15 is 0 Å². The molecule has 0 amide bonds. The highest BCUT2D eigenvalue weighted by Gasteiger charge is 2.26. The Morgan fingerprint density at radius 2 is 2.15 bits per heavy atom. The van der Waals surface area contributed by atoms with Crippen molar-refractivity contribution in [3.05, 3.63) is 36.5 Å². The molecule has 0 saturated heterocycles. The molecule has 0 fully saturated rings. The average Bonchev–Trinajstić information content (AvgIpc) is 2.42. The van der Waals surface area contributed by atoms with Crippen LogP contribution < -0.4 is 5.32 Å². The average molecular weight is 297 g/mol. The lowest BCUT2D eigenvalue weighted by atomic mass is 10.3. The second-order valence-electron chi connectivity index (χ2n) is 4.74. The maximum atomic E-state index is 12.5. The van der Waals surface area contributed by atoms with Crippen LogP contribution in [-0.4, -0.2) is 36.8 Å². The fraction of sp³-hybridized carbons (Fsp3) is 0.500. The van der Waals surface area contributed by atoms with Crippen molar-refractivity contribution < 1.29 is 8.42 Å². The SMILES string of the molecule is C=CCN(C(C)C)S(=O)(=O)c1ccc(CNCC)cn1. The zero-order valence-electron chi connectivity index (χ0n) is 12.3. The Kier molecular flexibility index (Phi) is 6.32. The number of aromatic nitrogens is 1. The van der Waals surface area contributed by atoms with Crippen LogP contribution in [0.3, 0.4) is 0 Å². The van der Waals surface area contributed by atoms with Crippen molar-refractivity contribution in [3.8, 4) is 0 Å². The van der Waals surface area contributed by atoms with E-state index in [1.165, 1.54) is 4.31 Å². The van der Waals surface area contributed by atoms with Crippen LogP contribution in [0.5, 0.6) is 0 Å². The van der Waals surface area contributed by atoms with Gasteiger partial charge < -0.3 is 5.32 Å². The summed E-state index contributed by atoms with van der Waals surface area (Å²) < 4.78 is 26.4. The minimum absolute atomic E-state index is 0.0771. The molecule has 0 spiro atoms. The summed E-state index contributed by atoms with van der Waals surface area (Å²) in [5, 5.41) is 3.25. The Labute approximate surface area is 121 Å². The van der Waals surface area contributed by atoms with Gasteiger partial charge >= 0.3 is 0 Å². The minimum Gasteiger partial charge on any atom is -0.313 e. The second-order valence-corrected chi connectivity index (χ2v) is 6.58. The molecule has 20 heavy (non-hydrogen) atoms. The maximum Gasteiger partial charge on any atom is 0.261 e. The summed E-state index contributed by atoms with van der Waals surface area (Å²) in [6.07, 6.45) is 3.18. The summed E-state index contributed by atoms with van der Waals surface area (Å²) in [5.41, 5.74) is 0.964. The van der Waals surface area contributed by atoms with E-state index in [-0.39, 0.29) is 17.6 Å². The lowest BCUT2D eigenvalue weighted by molar-refractivity contribution is 0.381. The first-order valence-corrected chi connectivity index (χ1v) is 8.15. The molecule has 0 aromatic carbocycles. The summed E-state index contributed by atoms with van der Waals surface area (Å²) >= 11 is 0. The molecule has 112 valence electrons. The number of rotatable bonds is 8. The Morgan fingerprint density at radius 1 is 1.45 bits per heavy atom. The summed E-state index contributed by atoms with van der Waals surface area (Å²) in [4.78, 5) is 4.08. The summed E-state index contributed by atoms with van der Waals surface area (Å²) in [5.74, 6) is 0. The summed E-state index contributed by atoms with van der Waals surface area (Å²) in [6.45, 7) is 11.1. The van der Waals surface area contributed by atoms with Crippen LogP contribution >= 0.6 is 0 Å². The molecule has 1 aromatic rings. The van der Waals surface area contributed by atoms with Crippen molar-refractivity contribution in [2.75, 3.05) is 13.1 Å². The van der Waals surface area contributed by atoms with Gasteiger partial charge in [0, 0.05) is 25.3 Å². The van der Waals surface area contributed by atoms with Crippen LogP contribution in [-0.2, 0) is 16.6 Å². The molecule has 0 bridgehead atoms. The van der Waals surface area contributed by atoms with Crippen molar-refractivity contribution in [2.24, 2.45) is 0 Å². The van der Waals surface area contributed by atoms with Crippen molar-refractivity contribution in [1.29, 1.82) is 0 Å². The molecule has 0 aliphatic heterocycles. The number of pyridine rings is 1. The van der Waals surface area contributed by atoms with Crippen LogP contribution in [0.25, 0.3) is 0 Å². The van der Waals surface area contributed by atoms with Crippen molar-refractivity contribution in [1.82, 2.24) is 14.6 Å². The van der Waals surface area contributed by atoms with E-state index in [0.29, 0.717) is 6.54 Å². The third-order valence-corrected chi connectivity index (χ3v) is 4.79. The van der Waals surface area contributed by atoms with Crippen molar-refractivity contribution in [2.45, 2.75) is 38.4 Å². The molecule has 6 heteroatoms. The largest absolute Gasteiger partial charge is 0.313 e. The number of hydrogen-bond acceptors (Lipinski definition) is 4. The first kappa shape index (κ1) is 16.8. The fourth-order valence-corrected chi connectivity index (χ4v) is 3.29. The standard InChI is InChI=1S/C14H23N3O2S/c1-5-9-17(12(3)4)20(18,19)14-8-7-13(11-16-14)10-15-6-2/h5,7-8,11-12,15H,1,6,9-10H2,2-4H3. The van der Waals surface area contributed by atoms with E-state index in [0.717, 1.165) is 12.1 Å². The molecule has 0 unspecified atom stereocenters. The van der Waals surface area contributed by atoms with E-state index in [1.54, 1.807) is 24.4 Å². The van der Waals surface area contributed by atoms with Crippen LogP contribution in [0.2, 0.25) is 0 Å². The highest BCUT2D eigenvalue weighted by Crippen LogP contribution is 2.16. The Hall–Kier alpha value is -1.24. The number of sulfonamides is 1. The molecule has 0 aliphatic carbocycles. The molecule has 0 saturated carbocycles. The van der Waals surface area contributed by atoms with E-state index < -0.39 is 10.0 Å². The van der Waals surface area contributed by atoms with Gasteiger partial charge in [0.2, 0.25) is 0 Å². The first-order valence-electron chi connectivity index (χ1n) is 6.71.